The minimum absolute atomic E-state index is 0.0349. The van der Waals surface area contributed by atoms with Gasteiger partial charge in [0.25, 0.3) is 0 Å². The average molecular weight is 245 g/mol. The van der Waals surface area contributed by atoms with Crippen molar-refractivity contribution in [3.63, 3.8) is 0 Å². The zero-order chi connectivity index (χ0) is 12.9. The van der Waals surface area contributed by atoms with Crippen LogP contribution in [0.25, 0.3) is 0 Å². The third kappa shape index (κ3) is 4.89. The highest BCUT2D eigenvalue weighted by Gasteiger charge is 2.30. The van der Waals surface area contributed by atoms with Gasteiger partial charge in [-0.25, -0.2) is 0 Å². The van der Waals surface area contributed by atoms with Gasteiger partial charge in [0.2, 0.25) is 0 Å². The summed E-state index contributed by atoms with van der Waals surface area (Å²) in [6.45, 7) is 3.89. The highest BCUT2D eigenvalue weighted by molar-refractivity contribution is 5.58. The molecular weight excluding hydrogens is 231 g/mol. The van der Waals surface area contributed by atoms with E-state index in [2.05, 4.69) is 5.16 Å². The first-order chi connectivity index (χ1) is 7.89. The molecule has 0 aliphatic rings. The van der Waals surface area contributed by atoms with E-state index < -0.39 is 11.7 Å². The molecule has 0 N–H and O–H groups in total. The average Bonchev–Trinajstić information content (AvgIpc) is 2.23. The van der Waals surface area contributed by atoms with Gasteiger partial charge in [0.1, 0.15) is 6.61 Å². The summed E-state index contributed by atoms with van der Waals surface area (Å²) < 4.78 is 37.2. The van der Waals surface area contributed by atoms with Gasteiger partial charge in [0.05, 0.1) is 5.56 Å². The van der Waals surface area contributed by atoms with E-state index >= 15 is 0 Å². The van der Waals surface area contributed by atoms with Crippen LogP contribution < -0.4 is 0 Å². The van der Waals surface area contributed by atoms with Gasteiger partial charge < -0.3 is 4.84 Å². The van der Waals surface area contributed by atoms with Crippen molar-refractivity contribution < 1.29 is 18.0 Å². The van der Waals surface area contributed by atoms with Crippen molar-refractivity contribution in [3.05, 3.63) is 35.4 Å². The van der Waals surface area contributed by atoms with Gasteiger partial charge in [0.15, 0.2) is 0 Å². The topological polar surface area (TPSA) is 21.6 Å². The molecule has 0 unspecified atom stereocenters. The van der Waals surface area contributed by atoms with Crippen molar-refractivity contribution in [2.24, 2.45) is 11.1 Å². The molecule has 0 fully saturated rings. The first kappa shape index (κ1) is 13.5. The second-order valence-electron chi connectivity index (χ2n) is 3.97. The van der Waals surface area contributed by atoms with Gasteiger partial charge in [-0.1, -0.05) is 31.1 Å². The monoisotopic (exact) mass is 245 g/mol. The molecule has 0 heterocycles. The summed E-state index contributed by atoms with van der Waals surface area (Å²) in [5, 5.41) is 3.65. The van der Waals surface area contributed by atoms with Crippen LogP contribution in [0.1, 0.15) is 25.0 Å². The molecule has 0 aliphatic carbocycles. The van der Waals surface area contributed by atoms with Crippen LogP contribution >= 0.6 is 0 Å². The number of hydrogen-bond donors (Lipinski definition) is 0. The summed E-state index contributed by atoms with van der Waals surface area (Å²) in [5.41, 5.74) is -0.229. The van der Waals surface area contributed by atoms with Crippen LogP contribution in [0.15, 0.2) is 29.4 Å². The Morgan fingerprint density at radius 1 is 1.35 bits per heavy atom. The van der Waals surface area contributed by atoms with Crippen molar-refractivity contribution in [1.82, 2.24) is 0 Å². The van der Waals surface area contributed by atoms with Crippen LogP contribution in [0, 0.1) is 5.92 Å². The SMILES string of the molecule is CC(C)C=NOCc1cccc(C(F)(F)F)c1. The van der Waals surface area contributed by atoms with Gasteiger partial charge >= 0.3 is 6.18 Å². The maximum atomic E-state index is 12.4. The molecule has 0 aliphatic heterocycles. The lowest BCUT2D eigenvalue weighted by Gasteiger charge is -2.07. The zero-order valence-electron chi connectivity index (χ0n) is 9.66. The lowest BCUT2D eigenvalue weighted by Crippen LogP contribution is -2.05. The molecule has 17 heavy (non-hydrogen) atoms. The maximum Gasteiger partial charge on any atom is 0.416 e. The molecular formula is C12H14F3NO. The first-order valence-electron chi connectivity index (χ1n) is 5.21. The molecule has 0 saturated carbocycles. The Morgan fingerprint density at radius 2 is 2.06 bits per heavy atom. The third-order valence-corrected chi connectivity index (χ3v) is 1.92. The van der Waals surface area contributed by atoms with Crippen molar-refractivity contribution in [2.45, 2.75) is 26.6 Å². The summed E-state index contributed by atoms with van der Waals surface area (Å²) >= 11 is 0. The Hall–Kier alpha value is -1.52. The van der Waals surface area contributed by atoms with Crippen LogP contribution in [0.2, 0.25) is 0 Å². The molecule has 1 aromatic rings. The van der Waals surface area contributed by atoms with E-state index in [1.54, 1.807) is 12.3 Å². The van der Waals surface area contributed by atoms with Gasteiger partial charge in [-0.2, -0.15) is 13.2 Å². The minimum Gasteiger partial charge on any atom is -0.391 e. The van der Waals surface area contributed by atoms with E-state index in [0.29, 0.717) is 5.56 Å². The van der Waals surface area contributed by atoms with E-state index in [4.69, 9.17) is 4.84 Å². The molecule has 1 aromatic carbocycles. The Morgan fingerprint density at radius 3 is 2.65 bits per heavy atom. The molecule has 0 amide bonds. The largest absolute Gasteiger partial charge is 0.416 e. The summed E-state index contributed by atoms with van der Waals surface area (Å²) in [5.74, 6) is 0.247. The second kappa shape index (κ2) is 5.70. The normalized spacial score (nSPS) is 12.4. The van der Waals surface area contributed by atoms with Crippen LogP contribution in [0.3, 0.4) is 0 Å². The van der Waals surface area contributed by atoms with Crippen LogP contribution in [-0.4, -0.2) is 6.21 Å². The third-order valence-electron chi connectivity index (χ3n) is 1.92. The number of nitrogens with zero attached hydrogens (tertiary/aromatic N) is 1. The Labute approximate surface area is 98.1 Å². The van der Waals surface area contributed by atoms with Crippen molar-refractivity contribution in [2.75, 3.05) is 0 Å². The molecule has 0 atom stereocenters. The lowest BCUT2D eigenvalue weighted by molar-refractivity contribution is -0.137. The zero-order valence-corrected chi connectivity index (χ0v) is 9.66. The summed E-state index contributed by atoms with van der Waals surface area (Å²) in [6, 6.07) is 5.01. The fraction of sp³-hybridized carbons (Fsp3) is 0.417. The Kier molecular flexibility index (Phi) is 4.54. The first-order valence-corrected chi connectivity index (χ1v) is 5.21. The number of hydrogen-bond acceptors (Lipinski definition) is 2. The number of oxime groups is 1. The predicted molar refractivity (Wildman–Crippen MR) is 59.6 cm³/mol. The number of benzene rings is 1. The minimum atomic E-state index is -4.32. The molecule has 0 spiro atoms. The van der Waals surface area contributed by atoms with Gasteiger partial charge in [-0.15, -0.1) is 0 Å². The quantitative estimate of drug-likeness (QED) is 0.583. The van der Waals surface area contributed by atoms with Crippen LogP contribution in [0.4, 0.5) is 13.2 Å². The smallest absolute Gasteiger partial charge is 0.391 e. The Bertz CT molecular complexity index is 386. The highest BCUT2D eigenvalue weighted by Crippen LogP contribution is 2.29. The molecule has 1 rings (SSSR count). The molecule has 0 bridgehead atoms. The van der Waals surface area contributed by atoms with Gasteiger partial charge in [0, 0.05) is 6.21 Å². The van der Waals surface area contributed by atoms with E-state index in [-0.39, 0.29) is 12.5 Å². The van der Waals surface area contributed by atoms with Gasteiger partial charge in [-0.05, 0) is 23.6 Å². The second-order valence-corrected chi connectivity index (χ2v) is 3.97. The summed E-state index contributed by atoms with van der Waals surface area (Å²) in [6.07, 6.45) is -2.73. The predicted octanol–water partition coefficient (Wildman–Crippen LogP) is 3.86. The van der Waals surface area contributed by atoms with E-state index in [1.807, 2.05) is 13.8 Å². The van der Waals surface area contributed by atoms with Crippen LogP contribution in [-0.2, 0) is 17.6 Å². The number of halogens is 3. The Balaban J connectivity index is 2.61. The van der Waals surface area contributed by atoms with Gasteiger partial charge in [-0.3, -0.25) is 0 Å². The molecule has 2 nitrogen and oxygen atoms in total. The van der Waals surface area contributed by atoms with E-state index in [9.17, 15) is 13.2 Å². The fourth-order valence-corrected chi connectivity index (χ4v) is 1.11. The molecule has 0 aromatic heterocycles. The molecule has 0 saturated heterocycles. The lowest BCUT2D eigenvalue weighted by atomic mass is 10.1. The maximum absolute atomic E-state index is 12.4. The highest BCUT2D eigenvalue weighted by atomic mass is 19.4. The van der Waals surface area contributed by atoms with Crippen LogP contribution in [0.5, 0.6) is 0 Å². The van der Waals surface area contributed by atoms with Crippen molar-refractivity contribution >= 4 is 6.21 Å². The standard InChI is InChI=1S/C12H14F3NO/c1-9(2)7-16-17-8-10-4-3-5-11(6-10)12(13,14)15/h3-7,9H,8H2,1-2H3. The van der Waals surface area contributed by atoms with E-state index in [0.717, 1.165) is 12.1 Å². The molecule has 5 heteroatoms. The molecule has 94 valence electrons. The summed E-state index contributed by atoms with van der Waals surface area (Å²) in [4.78, 5) is 4.90. The van der Waals surface area contributed by atoms with E-state index in [1.165, 1.54) is 6.07 Å². The summed E-state index contributed by atoms with van der Waals surface area (Å²) in [7, 11) is 0. The molecule has 0 radical (unpaired) electrons. The van der Waals surface area contributed by atoms with Crippen molar-refractivity contribution in [1.29, 1.82) is 0 Å². The number of alkyl halides is 3. The van der Waals surface area contributed by atoms with Crippen molar-refractivity contribution in [3.8, 4) is 0 Å². The number of rotatable bonds is 4. The fourth-order valence-electron chi connectivity index (χ4n) is 1.11.